The number of likely N-dealkylation sites (tertiary alicyclic amines) is 1. The minimum Gasteiger partial charge on any atom is -0.342 e. The highest BCUT2D eigenvalue weighted by atomic mass is 32.2. The van der Waals surface area contributed by atoms with Crippen LogP contribution in [0, 0.1) is 6.92 Å². The molecule has 24 heavy (non-hydrogen) atoms. The van der Waals surface area contributed by atoms with Gasteiger partial charge in [-0.2, -0.15) is 4.68 Å². The number of sulfone groups is 1. The van der Waals surface area contributed by atoms with Crippen molar-refractivity contribution in [1.82, 2.24) is 25.1 Å². The number of tetrazole rings is 1. The maximum atomic E-state index is 12.6. The first-order valence-electron chi connectivity index (χ1n) is 7.83. The first-order chi connectivity index (χ1) is 11.5. The van der Waals surface area contributed by atoms with E-state index < -0.39 is 21.5 Å². The second kappa shape index (κ2) is 6.68. The largest absolute Gasteiger partial charge is 0.342 e. The molecule has 1 aromatic carbocycles. The van der Waals surface area contributed by atoms with E-state index in [1.807, 2.05) is 19.1 Å². The van der Waals surface area contributed by atoms with Crippen molar-refractivity contribution < 1.29 is 13.2 Å². The van der Waals surface area contributed by atoms with Gasteiger partial charge in [-0.25, -0.2) is 8.42 Å². The minimum absolute atomic E-state index is 0.309. The van der Waals surface area contributed by atoms with Crippen molar-refractivity contribution in [3.63, 3.8) is 0 Å². The Morgan fingerprint density at radius 1 is 1.12 bits per heavy atom. The van der Waals surface area contributed by atoms with Crippen LogP contribution in [0.2, 0.25) is 0 Å². The standard InChI is InChI=1S/C15H19N5O3S/c1-12-5-7-13(8-6-12)20-15(16-17-18-20)24(22,23)11-14(21)19-9-3-2-4-10-19/h5-8H,2-4,9-11H2,1H3. The predicted octanol–water partition coefficient (Wildman–Crippen LogP) is 0.757. The molecule has 1 aliphatic heterocycles. The van der Waals surface area contributed by atoms with Crippen LogP contribution in [0.3, 0.4) is 0 Å². The van der Waals surface area contributed by atoms with Gasteiger partial charge in [-0.05, 0) is 48.7 Å². The van der Waals surface area contributed by atoms with Crippen LogP contribution in [0.25, 0.3) is 5.69 Å². The van der Waals surface area contributed by atoms with Crippen molar-refractivity contribution in [2.45, 2.75) is 31.3 Å². The topological polar surface area (TPSA) is 98.0 Å². The monoisotopic (exact) mass is 349 g/mol. The van der Waals surface area contributed by atoms with Gasteiger partial charge < -0.3 is 4.90 Å². The summed E-state index contributed by atoms with van der Waals surface area (Å²) < 4.78 is 26.3. The van der Waals surface area contributed by atoms with Gasteiger partial charge in [-0.3, -0.25) is 4.79 Å². The van der Waals surface area contributed by atoms with Crippen LogP contribution in [0.1, 0.15) is 24.8 Å². The number of hydrogen-bond donors (Lipinski definition) is 0. The van der Waals surface area contributed by atoms with E-state index >= 15 is 0 Å². The highest BCUT2D eigenvalue weighted by Gasteiger charge is 2.29. The van der Waals surface area contributed by atoms with Gasteiger partial charge in [0, 0.05) is 13.1 Å². The lowest BCUT2D eigenvalue weighted by Crippen LogP contribution is -2.39. The molecule has 0 saturated carbocycles. The van der Waals surface area contributed by atoms with Crippen LogP contribution in [-0.2, 0) is 14.6 Å². The molecule has 0 spiro atoms. The number of nitrogens with zero attached hydrogens (tertiary/aromatic N) is 5. The molecule has 2 aromatic rings. The summed E-state index contributed by atoms with van der Waals surface area (Å²) in [6.45, 7) is 3.15. The van der Waals surface area contributed by atoms with Gasteiger partial charge in [0.05, 0.1) is 5.69 Å². The van der Waals surface area contributed by atoms with Crippen LogP contribution < -0.4 is 0 Å². The van der Waals surface area contributed by atoms with Crippen molar-refractivity contribution in [2.75, 3.05) is 18.8 Å². The predicted molar refractivity (Wildman–Crippen MR) is 86.4 cm³/mol. The van der Waals surface area contributed by atoms with Gasteiger partial charge in [0.25, 0.3) is 5.16 Å². The van der Waals surface area contributed by atoms with E-state index in [2.05, 4.69) is 15.5 Å². The van der Waals surface area contributed by atoms with E-state index in [1.54, 1.807) is 17.0 Å². The van der Waals surface area contributed by atoms with Gasteiger partial charge >= 0.3 is 0 Å². The van der Waals surface area contributed by atoms with Crippen LogP contribution in [0.5, 0.6) is 0 Å². The number of aryl methyl sites for hydroxylation is 1. The third-order valence-corrected chi connectivity index (χ3v) is 5.46. The Kier molecular flexibility index (Phi) is 4.61. The fourth-order valence-corrected chi connectivity index (χ4v) is 3.89. The number of carbonyl (C=O) groups is 1. The summed E-state index contributed by atoms with van der Waals surface area (Å²) in [6, 6.07) is 7.15. The van der Waals surface area contributed by atoms with Crippen LogP contribution in [0.15, 0.2) is 29.4 Å². The number of amides is 1. The second-order valence-electron chi connectivity index (χ2n) is 5.91. The van der Waals surface area contributed by atoms with Crippen molar-refractivity contribution >= 4 is 15.7 Å². The normalized spacial score (nSPS) is 15.5. The number of rotatable bonds is 4. The first-order valence-corrected chi connectivity index (χ1v) is 9.48. The van der Waals surface area contributed by atoms with E-state index in [9.17, 15) is 13.2 Å². The molecule has 0 aliphatic carbocycles. The molecule has 3 rings (SSSR count). The Bertz CT molecular complexity index is 823. The Balaban J connectivity index is 1.84. The van der Waals surface area contributed by atoms with Gasteiger partial charge in [0.1, 0.15) is 5.75 Å². The van der Waals surface area contributed by atoms with E-state index in [0.717, 1.165) is 29.5 Å². The summed E-state index contributed by atoms with van der Waals surface area (Å²) in [5, 5.41) is 10.5. The quantitative estimate of drug-likeness (QED) is 0.808. The summed E-state index contributed by atoms with van der Waals surface area (Å²) in [6.07, 6.45) is 2.89. The van der Waals surface area contributed by atoms with Crippen LogP contribution in [0.4, 0.5) is 0 Å². The molecule has 128 valence electrons. The SMILES string of the molecule is Cc1ccc(-n2nnnc2S(=O)(=O)CC(=O)N2CCCCC2)cc1. The van der Waals surface area contributed by atoms with Gasteiger partial charge in [0.2, 0.25) is 15.7 Å². The van der Waals surface area contributed by atoms with E-state index in [1.165, 1.54) is 0 Å². The van der Waals surface area contributed by atoms with Crippen LogP contribution in [-0.4, -0.2) is 58.3 Å². The fourth-order valence-electron chi connectivity index (χ4n) is 2.68. The Morgan fingerprint density at radius 2 is 1.79 bits per heavy atom. The Labute approximate surface area is 140 Å². The summed E-state index contributed by atoms with van der Waals surface area (Å²) in [5.74, 6) is -1.01. The number of aromatic nitrogens is 4. The molecule has 1 fully saturated rings. The Hall–Kier alpha value is -2.29. The summed E-state index contributed by atoms with van der Waals surface area (Å²) in [5.41, 5.74) is 1.58. The van der Waals surface area contributed by atoms with Gasteiger partial charge in [-0.1, -0.05) is 22.8 Å². The molecule has 0 atom stereocenters. The highest BCUT2D eigenvalue weighted by molar-refractivity contribution is 7.91. The number of hydrogen-bond acceptors (Lipinski definition) is 6. The number of carbonyl (C=O) groups excluding carboxylic acids is 1. The summed E-state index contributed by atoms with van der Waals surface area (Å²) >= 11 is 0. The second-order valence-corrected chi connectivity index (χ2v) is 7.79. The lowest BCUT2D eigenvalue weighted by atomic mass is 10.1. The maximum absolute atomic E-state index is 12.6. The van der Waals surface area contributed by atoms with E-state index in [0.29, 0.717) is 18.8 Å². The van der Waals surface area contributed by atoms with Crippen molar-refractivity contribution in [1.29, 1.82) is 0 Å². The molecule has 0 bridgehead atoms. The zero-order valence-corrected chi connectivity index (χ0v) is 14.2. The molecule has 1 aliphatic rings. The summed E-state index contributed by atoms with van der Waals surface area (Å²) in [7, 11) is -3.92. The average Bonchev–Trinajstić information content (AvgIpc) is 3.06. The number of piperidine rings is 1. The average molecular weight is 349 g/mol. The van der Waals surface area contributed by atoms with Gasteiger partial charge in [-0.15, -0.1) is 0 Å². The molecular formula is C15H19N5O3S. The lowest BCUT2D eigenvalue weighted by molar-refractivity contribution is -0.129. The maximum Gasteiger partial charge on any atom is 0.272 e. The third kappa shape index (κ3) is 3.45. The minimum atomic E-state index is -3.92. The molecule has 0 N–H and O–H groups in total. The van der Waals surface area contributed by atoms with Crippen LogP contribution >= 0.6 is 0 Å². The number of benzene rings is 1. The molecule has 1 saturated heterocycles. The molecule has 9 heteroatoms. The summed E-state index contributed by atoms with van der Waals surface area (Å²) in [4.78, 5) is 13.9. The first kappa shape index (κ1) is 16.6. The molecule has 0 radical (unpaired) electrons. The zero-order chi connectivity index (χ0) is 17.2. The van der Waals surface area contributed by atoms with E-state index in [4.69, 9.17) is 0 Å². The lowest BCUT2D eigenvalue weighted by Gasteiger charge is -2.26. The molecule has 1 amide bonds. The third-order valence-electron chi connectivity index (χ3n) is 4.02. The smallest absolute Gasteiger partial charge is 0.272 e. The van der Waals surface area contributed by atoms with Crippen molar-refractivity contribution in [3.05, 3.63) is 29.8 Å². The van der Waals surface area contributed by atoms with E-state index in [-0.39, 0.29) is 5.16 Å². The zero-order valence-electron chi connectivity index (χ0n) is 13.4. The fraction of sp³-hybridized carbons (Fsp3) is 0.467. The molecule has 1 aromatic heterocycles. The molecule has 0 unspecified atom stereocenters. The highest BCUT2D eigenvalue weighted by Crippen LogP contribution is 2.16. The van der Waals surface area contributed by atoms with Gasteiger partial charge in [0.15, 0.2) is 0 Å². The molecular weight excluding hydrogens is 330 g/mol. The van der Waals surface area contributed by atoms with Crippen molar-refractivity contribution in [3.8, 4) is 5.69 Å². The molecule has 8 nitrogen and oxygen atoms in total. The van der Waals surface area contributed by atoms with Crippen molar-refractivity contribution in [2.24, 2.45) is 0 Å². The Morgan fingerprint density at radius 3 is 2.46 bits per heavy atom. The molecule has 2 heterocycles.